The SMILES string of the molecule is O=C(Nc1ccc(C2CCCCC2)cc1)c1ccc(OC(F)(F)F)cc1. The van der Waals surface area contributed by atoms with Crippen LogP contribution in [-0.2, 0) is 0 Å². The van der Waals surface area contributed by atoms with Crippen molar-refractivity contribution in [3.63, 3.8) is 0 Å². The molecule has 0 unspecified atom stereocenters. The highest BCUT2D eigenvalue weighted by molar-refractivity contribution is 6.04. The molecule has 0 heterocycles. The maximum absolute atomic E-state index is 12.2. The molecule has 0 aliphatic heterocycles. The molecule has 3 rings (SSSR count). The van der Waals surface area contributed by atoms with Crippen LogP contribution in [0.5, 0.6) is 5.75 Å². The Morgan fingerprint density at radius 1 is 0.923 bits per heavy atom. The third-order valence-electron chi connectivity index (χ3n) is 4.60. The first kappa shape index (κ1) is 18.3. The van der Waals surface area contributed by atoms with E-state index in [1.54, 1.807) is 0 Å². The molecule has 0 bridgehead atoms. The summed E-state index contributed by atoms with van der Waals surface area (Å²) in [6.45, 7) is 0. The van der Waals surface area contributed by atoms with Crippen molar-refractivity contribution in [1.82, 2.24) is 0 Å². The number of hydrogen-bond donors (Lipinski definition) is 1. The van der Waals surface area contributed by atoms with E-state index in [0.29, 0.717) is 11.6 Å². The van der Waals surface area contributed by atoms with Gasteiger partial charge in [0.05, 0.1) is 0 Å². The molecule has 0 spiro atoms. The van der Waals surface area contributed by atoms with Gasteiger partial charge in [-0.25, -0.2) is 0 Å². The van der Waals surface area contributed by atoms with Gasteiger partial charge in [-0.15, -0.1) is 13.2 Å². The van der Waals surface area contributed by atoms with Crippen molar-refractivity contribution in [1.29, 1.82) is 0 Å². The van der Waals surface area contributed by atoms with Crippen LogP contribution in [0.1, 0.15) is 53.9 Å². The molecule has 2 aromatic carbocycles. The van der Waals surface area contributed by atoms with Crippen LogP contribution < -0.4 is 10.1 Å². The molecule has 0 radical (unpaired) electrons. The van der Waals surface area contributed by atoms with Gasteiger partial charge in [0, 0.05) is 11.3 Å². The maximum atomic E-state index is 12.2. The number of benzene rings is 2. The highest BCUT2D eigenvalue weighted by Gasteiger charge is 2.31. The number of anilines is 1. The normalized spacial score (nSPS) is 15.5. The summed E-state index contributed by atoms with van der Waals surface area (Å²) in [4.78, 5) is 12.2. The Morgan fingerprint density at radius 2 is 1.54 bits per heavy atom. The second-order valence-electron chi connectivity index (χ2n) is 6.48. The molecule has 3 nitrogen and oxygen atoms in total. The second-order valence-corrected chi connectivity index (χ2v) is 6.48. The number of rotatable bonds is 4. The van der Waals surface area contributed by atoms with Crippen LogP contribution in [0.2, 0.25) is 0 Å². The minimum absolute atomic E-state index is 0.260. The van der Waals surface area contributed by atoms with Crippen molar-refractivity contribution in [3.8, 4) is 5.75 Å². The summed E-state index contributed by atoms with van der Waals surface area (Å²) < 4.78 is 40.3. The van der Waals surface area contributed by atoms with Gasteiger partial charge in [-0.3, -0.25) is 4.79 Å². The summed E-state index contributed by atoms with van der Waals surface area (Å²) in [5.41, 5.74) is 2.21. The number of ether oxygens (including phenoxy) is 1. The molecule has 138 valence electrons. The Bertz CT molecular complexity index is 733. The molecule has 2 aromatic rings. The quantitative estimate of drug-likeness (QED) is 0.736. The molecule has 6 heteroatoms. The first-order chi connectivity index (χ1) is 12.4. The maximum Gasteiger partial charge on any atom is 0.573 e. The van der Waals surface area contributed by atoms with Gasteiger partial charge >= 0.3 is 6.36 Å². The van der Waals surface area contributed by atoms with E-state index in [2.05, 4.69) is 10.1 Å². The number of amides is 1. The van der Waals surface area contributed by atoms with Crippen LogP contribution in [0, 0.1) is 0 Å². The fraction of sp³-hybridized carbons (Fsp3) is 0.350. The van der Waals surface area contributed by atoms with Crippen LogP contribution in [-0.4, -0.2) is 12.3 Å². The van der Waals surface area contributed by atoms with Crippen molar-refractivity contribution >= 4 is 11.6 Å². The lowest BCUT2D eigenvalue weighted by Crippen LogP contribution is -2.17. The van der Waals surface area contributed by atoms with Gasteiger partial charge in [-0.1, -0.05) is 31.4 Å². The molecule has 0 saturated heterocycles. The number of halogens is 3. The predicted molar refractivity (Wildman–Crippen MR) is 93.3 cm³/mol. The zero-order valence-electron chi connectivity index (χ0n) is 14.2. The summed E-state index contributed by atoms with van der Waals surface area (Å²) in [5.74, 6) is -0.144. The molecular weight excluding hydrogens is 343 g/mol. The average Bonchev–Trinajstić information content (AvgIpc) is 2.62. The number of nitrogens with one attached hydrogen (secondary N) is 1. The highest BCUT2D eigenvalue weighted by Crippen LogP contribution is 2.33. The third-order valence-corrected chi connectivity index (χ3v) is 4.60. The van der Waals surface area contributed by atoms with Gasteiger partial charge in [0.1, 0.15) is 5.75 Å². The summed E-state index contributed by atoms with van der Waals surface area (Å²) in [6, 6.07) is 12.6. The van der Waals surface area contributed by atoms with Gasteiger partial charge < -0.3 is 10.1 Å². The summed E-state index contributed by atoms with van der Waals surface area (Å²) >= 11 is 0. The molecule has 1 amide bonds. The minimum Gasteiger partial charge on any atom is -0.406 e. The van der Waals surface area contributed by atoms with Crippen LogP contribution in [0.4, 0.5) is 18.9 Å². The van der Waals surface area contributed by atoms with Gasteiger partial charge in [-0.05, 0) is 60.7 Å². The monoisotopic (exact) mass is 363 g/mol. The fourth-order valence-corrected chi connectivity index (χ4v) is 3.29. The van der Waals surface area contributed by atoms with E-state index >= 15 is 0 Å². The Labute approximate surface area is 150 Å². The van der Waals surface area contributed by atoms with E-state index in [4.69, 9.17) is 0 Å². The Balaban J connectivity index is 1.60. The van der Waals surface area contributed by atoms with E-state index in [1.807, 2.05) is 24.3 Å². The van der Waals surface area contributed by atoms with Gasteiger partial charge in [0.25, 0.3) is 5.91 Å². The van der Waals surface area contributed by atoms with Crippen molar-refractivity contribution < 1.29 is 22.7 Å². The fourth-order valence-electron chi connectivity index (χ4n) is 3.29. The lowest BCUT2D eigenvalue weighted by molar-refractivity contribution is -0.274. The van der Waals surface area contributed by atoms with Crippen LogP contribution >= 0.6 is 0 Å². The standard InChI is InChI=1S/C20H20F3NO2/c21-20(22,23)26-18-12-8-16(9-13-18)19(25)24-17-10-6-15(7-11-17)14-4-2-1-3-5-14/h6-14H,1-5H2,(H,24,25). The molecule has 1 fully saturated rings. The molecule has 0 aromatic heterocycles. The first-order valence-electron chi connectivity index (χ1n) is 8.68. The van der Waals surface area contributed by atoms with Gasteiger partial charge in [-0.2, -0.15) is 0 Å². The average molecular weight is 363 g/mol. The van der Waals surface area contributed by atoms with Crippen molar-refractivity contribution in [3.05, 3.63) is 59.7 Å². The van der Waals surface area contributed by atoms with Crippen molar-refractivity contribution in [2.75, 3.05) is 5.32 Å². The largest absolute Gasteiger partial charge is 0.573 e. The lowest BCUT2D eigenvalue weighted by Gasteiger charge is -2.22. The smallest absolute Gasteiger partial charge is 0.406 e. The Hall–Kier alpha value is -2.50. The highest BCUT2D eigenvalue weighted by atomic mass is 19.4. The Morgan fingerprint density at radius 3 is 2.12 bits per heavy atom. The number of alkyl halides is 3. The Kier molecular flexibility index (Phi) is 5.49. The van der Waals surface area contributed by atoms with E-state index in [0.717, 1.165) is 12.1 Å². The molecule has 0 atom stereocenters. The second kappa shape index (κ2) is 7.81. The molecule has 26 heavy (non-hydrogen) atoms. The molecular formula is C20H20F3NO2. The first-order valence-corrected chi connectivity index (χ1v) is 8.68. The van der Waals surface area contributed by atoms with E-state index in [-0.39, 0.29) is 17.2 Å². The summed E-state index contributed by atoms with van der Waals surface area (Å²) in [5, 5.41) is 2.75. The minimum atomic E-state index is -4.75. The van der Waals surface area contributed by atoms with E-state index in [1.165, 1.54) is 49.8 Å². The van der Waals surface area contributed by atoms with E-state index in [9.17, 15) is 18.0 Å². The third kappa shape index (κ3) is 5.00. The van der Waals surface area contributed by atoms with Gasteiger partial charge in [0.2, 0.25) is 0 Å². The van der Waals surface area contributed by atoms with Crippen LogP contribution in [0.15, 0.2) is 48.5 Å². The summed E-state index contributed by atoms with van der Waals surface area (Å²) in [7, 11) is 0. The zero-order chi connectivity index (χ0) is 18.6. The van der Waals surface area contributed by atoms with Crippen molar-refractivity contribution in [2.45, 2.75) is 44.4 Å². The molecule has 1 aliphatic carbocycles. The molecule has 1 aliphatic rings. The van der Waals surface area contributed by atoms with Gasteiger partial charge in [0.15, 0.2) is 0 Å². The predicted octanol–water partition coefficient (Wildman–Crippen LogP) is 5.89. The molecule has 1 saturated carbocycles. The van der Waals surface area contributed by atoms with E-state index < -0.39 is 6.36 Å². The van der Waals surface area contributed by atoms with Crippen molar-refractivity contribution in [2.24, 2.45) is 0 Å². The summed E-state index contributed by atoms with van der Waals surface area (Å²) in [6.07, 6.45) is 1.49. The number of hydrogen-bond acceptors (Lipinski definition) is 2. The van der Waals surface area contributed by atoms with Crippen LogP contribution in [0.3, 0.4) is 0 Å². The lowest BCUT2D eigenvalue weighted by atomic mass is 9.84. The number of carbonyl (C=O) groups excluding carboxylic acids is 1. The zero-order valence-corrected chi connectivity index (χ0v) is 14.2. The van der Waals surface area contributed by atoms with Crippen LogP contribution in [0.25, 0.3) is 0 Å². The topological polar surface area (TPSA) is 38.3 Å². The molecule has 1 N–H and O–H groups in total. The number of carbonyl (C=O) groups is 1.